The molecule has 34 heavy (non-hydrogen) atoms. The highest BCUT2D eigenvalue weighted by Gasteiger charge is 2.51. The molecular weight excluding hydrogens is 493 g/mol. The van der Waals surface area contributed by atoms with E-state index in [9.17, 15) is 26.4 Å². The summed E-state index contributed by atoms with van der Waals surface area (Å²) in [5, 5.41) is 0. The topological polar surface area (TPSA) is 93.9 Å². The zero-order valence-corrected chi connectivity index (χ0v) is 19.2. The number of nitrogens with zero attached hydrogens (tertiary/aromatic N) is 3. The maximum atomic E-state index is 13.1. The van der Waals surface area contributed by atoms with Crippen molar-refractivity contribution in [3.63, 3.8) is 0 Å². The lowest BCUT2D eigenvalue weighted by atomic mass is 9.95. The molecule has 2 heterocycles. The second-order valence-electron chi connectivity index (χ2n) is 7.71. The van der Waals surface area contributed by atoms with Crippen molar-refractivity contribution >= 4 is 38.7 Å². The Labute approximate surface area is 198 Å². The lowest BCUT2D eigenvalue weighted by molar-refractivity contribution is -0.149. The number of aryl methyl sites for hydroxylation is 1. The molecule has 1 aromatic carbocycles. The first-order chi connectivity index (χ1) is 15.9. The van der Waals surface area contributed by atoms with Gasteiger partial charge in [0.1, 0.15) is 17.0 Å². The molecule has 178 valence electrons. The molecule has 0 saturated carbocycles. The summed E-state index contributed by atoms with van der Waals surface area (Å²) in [5.41, 5.74) is 1.14. The van der Waals surface area contributed by atoms with Crippen LogP contribution >= 0.6 is 11.6 Å². The molecule has 1 unspecified atom stereocenters. The Hall–Kier alpha value is -3.18. The van der Waals surface area contributed by atoms with Gasteiger partial charge < -0.3 is 4.57 Å². The number of allylic oxidation sites excluding steroid dienone is 4. The lowest BCUT2D eigenvalue weighted by Crippen LogP contribution is -2.38. The second-order valence-corrected chi connectivity index (χ2v) is 10.1. The van der Waals surface area contributed by atoms with Crippen molar-refractivity contribution in [1.29, 1.82) is 0 Å². The molecule has 1 atom stereocenters. The average molecular weight is 511 g/mol. The first kappa shape index (κ1) is 24.0. The van der Waals surface area contributed by atoms with Crippen molar-refractivity contribution in [2.45, 2.75) is 35.8 Å². The Morgan fingerprint density at radius 1 is 1.18 bits per heavy atom. The lowest BCUT2D eigenvalue weighted by Gasteiger charge is -2.28. The summed E-state index contributed by atoms with van der Waals surface area (Å²) in [7, 11) is -4.10. The molecule has 0 bridgehead atoms. The minimum atomic E-state index is -4.59. The van der Waals surface area contributed by atoms with Crippen LogP contribution in [0.5, 0.6) is 0 Å². The standard InChI is InChI=1S/C22H18ClF3N4O3S/c1-14-27-17-7-8-18(20(31)29-34(32,33)16-5-3-2-4-6-16)28-19(17)30(14)13-15-9-11-21(23,12-10-15)22(24,25)26/h2-11H,12-13H2,1H3,(H,29,31). The van der Waals surface area contributed by atoms with E-state index in [1.54, 1.807) is 17.6 Å². The highest BCUT2D eigenvalue weighted by Crippen LogP contribution is 2.42. The Morgan fingerprint density at radius 2 is 1.88 bits per heavy atom. The normalized spacial score (nSPS) is 18.7. The Morgan fingerprint density at radius 3 is 2.50 bits per heavy atom. The van der Waals surface area contributed by atoms with Crippen LogP contribution in [0.1, 0.15) is 22.7 Å². The predicted octanol–water partition coefficient (Wildman–Crippen LogP) is 4.28. The molecule has 0 radical (unpaired) electrons. The van der Waals surface area contributed by atoms with Gasteiger partial charge in [-0.15, -0.1) is 11.6 Å². The SMILES string of the molecule is Cc1nc2ccc(C(=O)NS(=O)(=O)c3ccccc3)nc2n1CC1=CCC(Cl)(C(F)(F)F)C=C1. The van der Waals surface area contributed by atoms with Gasteiger partial charge in [-0.3, -0.25) is 4.79 Å². The number of rotatable bonds is 5. The van der Waals surface area contributed by atoms with Gasteiger partial charge in [0.15, 0.2) is 10.5 Å². The summed E-state index contributed by atoms with van der Waals surface area (Å²) in [6.07, 6.45) is -1.39. The van der Waals surface area contributed by atoms with Crippen molar-refractivity contribution in [1.82, 2.24) is 19.3 Å². The monoisotopic (exact) mass is 510 g/mol. The highest BCUT2D eigenvalue weighted by atomic mass is 35.5. The van der Waals surface area contributed by atoms with Crippen LogP contribution in [0.4, 0.5) is 13.2 Å². The molecule has 0 aliphatic heterocycles. The molecule has 0 spiro atoms. The third-order valence-corrected chi connectivity index (χ3v) is 7.17. The van der Waals surface area contributed by atoms with Crippen LogP contribution in [0, 0.1) is 6.92 Å². The van der Waals surface area contributed by atoms with Gasteiger partial charge in [-0.05, 0) is 43.2 Å². The van der Waals surface area contributed by atoms with Gasteiger partial charge in [0.2, 0.25) is 0 Å². The van der Waals surface area contributed by atoms with E-state index in [4.69, 9.17) is 11.6 Å². The fourth-order valence-corrected chi connectivity index (χ4v) is 4.55. The van der Waals surface area contributed by atoms with Gasteiger partial charge in [-0.2, -0.15) is 13.2 Å². The average Bonchev–Trinajstić information content (AvgIpc) is 3.09. The molecule has 4 rings (SSSR count). The number of nitrogens with one attached hydrogen (secondary N) is 1. The number of aromatic nitrogens is 3. The van der Waals surface area contributed by atoms with Gasteiger partial charge in [0.25, 0.3) is 15.9 Å². The summed E-state index contributed by atoms with van der Waals surface area (Å²) in [4.78, 5) is 18.7. The fraction of sp³-hybridized carbons (Fsp3) is 0.227. The molecule has 1 N–H and O–H groups in total. The summed E-state index contributed by atoms with van der Waals surface area (Å²) in [5.74, 6) is -0.408. The van der Waals surface area contributed by atoms with E-state index in [1.807, 2.05) is 4.72 Å². The van der Waals surface area contributed by atoms with Crippen LogP contribution in [0.3, 0.4) is 0 Å². The predicted molar refractivity (Wildman–Crippen MR) is 120 cm³/mol. The Bertz CT molecular complexity index is 1430. The van der Waals surface area contributed by atoms with Gasteiger partial charge in [0, 0.05) is 0 Å². The number of carbonyl (C=O) groups is 1. The van der Waals surface area contributed by atoms with Gasteiger partial charge in [-0.1, -0.05) is 36.4 Å². The number of imidazole rings is 1. The number of amides is 1. The minimum Gasteiger partial charge on any atom is -0.308 e. The van der Waals surface area contributed by atoms with Crippen LogP contribution < -0.4 is 4.72 Å². The van der Waals surface area contributed by atoms with Gasteiger partial charge >= 0.3 is 6.18 Å². The van der Waals surface area contributed by atoms with E-state index in [-0.39, 0.29) is 22.8 Å². The van der Waals surface area contributed by atoms with Gasteiger partial charge in [0.05, 0.1) is 11.4 Å². The number of pyridine rings is 1. The summed E-state index contributed by atoms with van der Waals surface area (Å²) >= 11 is 5.70. The third-order valence-electron chi connectivity index (χ3n) is 5.33. The largest absolute Gasteiger partial charge is 0.411 e. The molecular formula is C22H18ClF3N4O3S. The Kier molecular flexibility index (Phi) is 6.03. The van der Waals surface area contributed by atoms with Crippen LogP contribution in [0.15, 0.2) is 71.2 Å². The molecule has 1 aliphatic carbocycles. The molecule has 1 amide bonds. The maximum Gasteiger partial charge on any atom is 0.411 e. The van der Waals surface area contributed by atoms with E-state index < -0.39 is 33.4 Å². The number of hydrogen-bond acceptors (Lipinski definition) is 5. The number of halogens is 4. The molecule has 1 aliphatic rings. The second kappa shape index (κ2) is 8.55. The van der Waals surface area contributed by atoms with Crippen LogP contribution in [-0.2, 0) is 16.6 Å². The van der Waals surface area contributed by atoms with E-state index in [2.05, 4.69) is 9.97 Å². The van der Waals surface area contributed by atoms with Crippen molar-refractivity contribution < 1.29 is 26.4 Å². The molecule has 2 aromatic heterocycles. The smallest absolute Gasteiger partial charge is 0.308 e. The van der Waals surface area contributed by atoms with Crippen molar-refractivity contribution in [3.8, 4) is 0 Å². The van der Waals surface area contributed by atoms with Gasteiger partial charge in [-0.25, -0.2) is 23.1 Å². The maximum absolute atomic E-state index is 13.1. The minimum absolute atomic E-state index is 0.0736. The molecule has 12 heteroatoms. The number of carbonyl (C=O) groups excluding carboxylic acids is 1. The molecule has 0 saturated heterocycles. The number of sulfonamides is 1. The summed E-state index contributed by atoms with van der Waals surface area (Å²) < 4.78 is 67.9. The fourth-order valence-electron chi connectivity index (χ4n) is 3.43. The molecule has 7 nitrogen and oxygen atoms in total. The van der Waals surface area contributed by atoms with Crippen LogP contribution in [0.25, 0.3) is 11.2 Å². The zero-order chi connectivity index (χ0) is 24.7. The number of hydrogen-bond donors (Lipinski definition) is 1. The highest BCUT2D eigenvalue weighted by molar-refractivity contribution is 7.90. The van der Waals surface area contributed by atoms with E-state index >= 15 is 0 Å². The van der Waals surface area contributed by atoms with Crippen molar-refractivity contribution in [2.24, 2.45) is 0 Å². The summed E-state index contributed by atoms with van der Waals surface area (Å²) in [6, 6.07) is 10.3. The zero-order valence-electron chi connectivity index (χ0n) is 17.7. The summed E-state index contributed by atoms with van der Waals surface area (Å²) in [6.45, 7) is 1.83. The van der Waals surface area contributed by atoms with Crippen molar-refractivity contribution in [2.75, 3.05) is 0 Å². The van der Waals surface area contributed by atoms with E-state index in [0.717, 1.165) is 6.08 Å². The quantitative estimate of drug-likeness (QED) is 0.517. The number of fused-ring (bicyclic) bond motifs is 1. The van der Waals surface area contributed by atoms with Crippen LogP contribution in [-0.4, -0.2) is 39.9 Å². The first-order valence-corrected chi connectivity index (χ1v) is 11.9. The van der Waals surface area contributed by atoms with E-state index in [0.29, 0.717) is 16.9 Å². The Balaban J connectivity index is 1.59. The first-order valence-electron chi connectivity index (χ1n) is 10.00. The number of alkyl halides is 4. The van der Waals surface area contributed by atoms with Crippen LogP contribution in [0.2, 0.25) is 0 Å². The molecule has 0 fully saturated rings. The molecule has 3 aromatic rings. The number of benzene rings is 1. The van der Waals surface area contributed by atoms with Crippen molar-refractivity contribution in [3.05, 3.63) is 77.8 Å². The third kappa shape index (κ3) is 4.58. The van der Waals surface area contributed by atoms with E-state index in [1.165, 1.54) is 48.6 Å².